The summed E-state index contributed by atoms with van der Waals surface area (Å²) in [7, 11) is 3.23. The van der Waals surface area contributed by atoms with Gasteiger partial charge in [-0.3, -0.25) is 9.59 Å². The number of aromatic nitrogens is 1. The van der Waals surface area contributed by atoms with E-state index in [4.69, 9.17) is 9.47 Å². The molecule has 6 heteroatoms. The monoisotopic (exact) mass is 342 g/mol. The molecule has 1 aliphatic heterocycles. The number of nitrogens with zero attached hydrogens (tertiary/aromatic N) is 1. The number of pyridine rings is 1. The largest absolute Gasteiger partial charge is 0.497 e. The molecule has 0 bridgehead atoms. The van der Waals surface area contributed by atoms with Gasteiger partial charge in [0.1, 0.15) is 11.3 Å². The van der Waals surface area contributed by atoms with Crippen molar-refractivity contribution in [2.45, 2.75) is 18.9 Å². The second kappa shape index (κ2) is 7.53. The number of ether oxygens (including phenoxy) is 2. The van der Waals surface area contributed by atoms with Gasteiger partial charge in [0.15, 0.2) is 0 Å². The maximum absolute atomic E-state index is 12.7. The van der Waals surface area contributed by atoms with Crippen LogP contribution in [0.5, 0.6) is 5.75 Å². The van der Waals surface area contributed by atoms with Crippen LogP contribution in [-0.4, -0.2) is 49.2 Å². The molecule has 1 aromatic heterocycles. The van der Waals surface area contributed by atoms with Crippen molar-refractivity contribution < 1.29 is 14.3 Å². The predicted octanol–water partition coefficient (Wildman–Crippen LogP) is 2.30. The van der Waals surface area contributed by atoms with E-state index in [1.165, 1.54) is 0 Å². The van der Waals surface area contributed by atoms with Gasteiger partial charge in [-0.15, -0.1) is 0 Å². The third-order valence-corrected chi connectivity index (χ3v) is 4.54. The average molecular weight is 342 g/mol. The summed E-state index contributed by atoms with van der Waals surface area (Å²) in [6, 6.07) is 10.8. The van der Waals surface area contributed by atoms with E-state index in [0.29, 0.717) is 18.8 Å². The number of rotatable bonds is 5. The summed E-state index contributed by atoms with van der Waals surface area (Å²) in [4.78, 5) is 29.7. The summed E-state index contributed by atoms with van der Waals surface area (Å²) in [5, 5.41) is 0. The Labute approximate surface area is 146 Å². The quantitative estimate of drug-likeness (QED) is 0.905. The van der Waals surface area contributed by atoms with E-state index in [1.54, 1.807) is 31.3 Å². The number of likely N-dealkylation sites (tertiary alicyclic amines) is 1. The van der Waals surface area contributed by atoms with Crippen molar-refractivity contribution in [1.29, 1.82) is 0 Å². The highest BCUT2D eigenvalue weighted by molar-refractivity contribution is 5.94. The van der Waals surface area contributed by atoms with Crippen molar-refractivity contribution in [3.05, 3.63) is 52.3 Å². The minimum absolute atomic E-state index is 0.0400. The van der Waals surface area contributed by atoms with Crippen LogP contribution < -0.4 is 10.3 Å². The van der Waals surface area contributed by atoms with Crippen LogP contribution >= 0.6 is 0 Å². The fraction of sp³-hybridized carbons (Fsp3) is 0.368. The number of aromatic amines is 1. The Morgan fingerprint density at radius 2 is 1.96 bits per heavy atom. The Bertz CT molecular complexity index is 798. The molecule has 132 valence electrons. The van der Waals surface area contributed by atoms with Crippen LogP contribution in [0.15, 0.2) is 41.2 Å². The molecule has 3 rings (SSSR count). The first-order chi connectivity index (χ1) is 12.1. The average Bonchev–Trinajstić information content (AvgIpc) is 3.10. The molecule has 1 aromatic carbocycles. The van der Waals surface area contributed by atoms with Gasteiger partial charge >= 0.3 is 0 Å². The van der Waals surface area contributed by atoms with Crippen molar-refractivity contribution in [2.75, 3.05) is 27.4 Å². The van der Waals surface area contributed by atoms with Crippen LogP contribution in [0.4, 0.5) is 0 Å². The number of amides is 1. The van der Waals surface area contributed by atoms with Gasteiger partial charge < -0.3 is 19.4 Å². The molecule has 0 saturated carbocycles. The molecule has 1 N–H and O–H groups in total. The van der Waals surface area contributed by atoms with E-state index in [0.717, 1.165) is 24.2 Å². The van der Waals surface area contributed by atoms with E-state index in [2.05, 4.69) is 4.98 Å². The molecular weight excluding hydrogens is 320 g/mol. The first-order valence-corrected chi connectivity index (χ1v) is 8.31. The summed E-state index contributed by atoms with van der Waals surface area (Å²) in [5.74, 6) is 0.512. The summed E-state index contributed by atoms with van der Waals surface area (Å²) in [5.41, 5.74) is 1.32. The topological polar surface area (TPSA) is 71.6 Å². The summed E-state index contributed by atoms with van der Waals surface area (Å²) < 4.78 is 10.3. The molecule has 0 aliphatic carbocycles. The van der Waals surface area contributed by atoms with Gasteiger partial charge in [-0.1, -0.05) is 0 Å². The van der Waals surface area contributed by atoms with E-state index in [1.807, 2.05) is 24.3 Å². The molecule has 1 saturated heterocycles. The fourth-order valence-electron chi connectivity index (χ4n) is 3.20. The molecule has 0 unspecified atom stereocenters. The normalized spacial score (nSPS) is 16.9. The van der Waals surface area contributed by atoms with Gasteiger partial charge in [0.25, 0.3) is 11.5 Å². The van der Waals surface area contributed by atoms with Crippen LogP contribution in [0.1, 0.15) is 23.2 Å². The van der Waals surface area contributed by atoms with Crippen molar-refractivity contribution >= 4 is 5.91 Å². The van der Waals surface area contributed by atoms with Gasteiger partial charge in [0.05, 0.1) is 19.8 Å². The molecule has 1 fully saturated rings. The van der Waals surface area contributed by atoms with Crippen molar-refractivity contribution in [3.63, 3.8) is 0 Å². The van der Waals surface area contributed by atoms with E-state index in [9.17, 15) is 9.59 Å². The van der Waals surface area contributed by atoms with Crippen LogP contribution in [0.3, 0.4) is 0 Å². The fourth-order valence-corrected chi connectivity index (χ4v) is 3.20. The highest BCUT2D eigenvalue weighted by Crippen LogP contribution is 2.22. The highest BCUT2D eigenvalue weighted by Gasteiger charge is 2.30. The Hall–Kier alpha value is -2.60. The van der Waals surface area contributed by atoms with E-state index in [-0.39, 0.29) is 23.1 Å². The second-order valence-corrected chi connectivity index (χ2v) is 6.09. The predicted molar refractivity (Wildman–Crippen MR) is 95.0 cm³/mol. The maximum atomic E-state index is 12.7. The van der Waals surface area contributed by atoms with E-state index < -0.39 is 0 Å². The first kappa shape index (κ1) is 17.2. The van der Waals surface area contributed by atoms with Gasteiger partial charge in [-0.05, 0) is 54.8 Å². The first-order valence-electron chi connectivity index (χ1n) is 8.31. The number of hydrogen-bond donors (Lipinski definition) is 1. The maximum Gasteiger partial charge on any atom is 0.261 e. The zero-order valence-electron chi connectivity index (χ0n) is 14.5. The lowest BCUT2D eigenvalue weighted by molar-refractivity contribution is 0.0629. The van der Waals surface area contributed by atoms with Gasteiger partial charge in [0.2, 0.25) is 0 Å². The van der Waals surface area contributed by atoms with Crippen molar-refractivity contribution in [2.24, 2.45) is 0 Å². The minimum atomic E-state index is -0.374. The Morgan fingerprint density at radius 1 is 1.20 bits per heavy atom. The van der Waals surface area contributed by atoms with Crippen molar-refractivity contribution in [3.8, 4) is 17.0 Å². The lowest BCUT2D eigenvalue weighted by atomic mass is 10.1. The van der Waals surface area contributed by atoms with Gasteiger partial charge in [0, 0.05) is 19.3 Å². The number of methoxy groups -OCH3 is 2. The van der Waals surface area contributed by atoms with Crippen LogP contribution in [0, 0.1) is 0 Å². The molecule has 0 spiro atoms. The molecular formula is C19H22N2O4. The summed E-state index contributed by atoms with van der Waals surface area (Å²) >= 11 is 0. The van der Waals surface area contributed by atoms with Gasteiger partial charge in [-0.2, -0.15) is 0 Å². The molecule has 2 aromatic rings. The zero-order chi connectivity index (χ0) is 17.8. The summed E-state index contributed by atoms with van der Waals surface area (Å²) in [6.45, 7) is 1.15. The smallest absolute Gasteiger partial charge is 0.261 e. The molecule has 1 amide bonds. The number of hydrogen-bond acceptors (Lipinski definition) is 4. The van der Waals surface area contributed by atoms with Crippen LogP contribution in [0.25, 0.3) is 11.3 Å². The zero-order valence-corrected chi connectivity index (χ0v) is 14.5. The number of H-pyrrole nitrogens is 1. The number of carbonyl (C=O) groups is 1. The van der Waals surface area contributed by atoms with Crippen molar-refractivity contribution in [1.82, 2.24) is 9.88 Å². The minimum Gasteiger partial charge on any atom is -0.497 e. The standard InChI is InChI=1S/C19H22N2O4/c1-24-12-14-4-3-11-21(14)19(23)16-9-10-17(20-18(16)22)13-5-7-15(25-2)8-6-13/h5-10,14H,3-4,11-12H2,1-2H3,(H,20,22)/t14-/m1/s1. The third-order valence-electron chi connectivity index (χ3n) is 4.54. The molecule has 25 heavy (non-hydrogen) atoms. The molecule has 6 nitrogen and oxygen atoms in total. The number of carbonyl (C=O) groups excluding carboxylic acids is 1. The lowest BCUT2D eigenvalue weighted by Crippen LogP contribution is -2.40. The van der Waals surface area contributed by atoms with Gasteiger partial charge in [-0.25, -0.2) is 0 Å². The second-order valence-electron chi connectivity index (χ2n) is 6.09. The Balaban J connectivity index is 1.84. The third kappa shape index (κ3) is 3.58. The number of benzene rings is 1. The van der Waals surface area contributed by atoms with E-state index >= 15 is 0 Å². The molecule has 2 heterocycles. The molecule has 1 atom stereocenters. The summed E-state index contributed by atoms with van der Waals surface area (Å²) in [6.07, 6.45) is 1.84. The Morgan fingerprint density at radius 3 is 2.60 bits per heavy atom. The van der Waals surface area contributed by atoms with Crippen LogP contribution in [0.2, 0.25) is 0 Å². The molecule has 1 aliphatic rings. The SMILES string of the molecule is COC[C@H]1CCCN1C(=O)c1ccc(-c2ccc(OC)cc2)[nH]c1=O. The Kier molecular flexibility index (Phi) is 5.19. The highest BCUT2D eigenvalue weighted by atomic mass is 16.5. The lowest BCUT2D eigenvalue weighted by Gasteiger charge is -2.23. The van der Waals surface area contributed by atoms with Crippen LogP contribution in [-0.2, 0) is 4.74 Å². The number of nitrogens with one attached hydrogen (secondary N) is 1. The molecule has 0 radical (unpaired) electrons.